The Hall–Kier alpha value is 0.217. The Labute approximate surface area is 56.1 Å². The summed E-state index contributed by atoms with van der Waals surface area (Å²) in [4.78, 5) is 0. The van der Waals surface area contributed by atoms with Gasteiger partial charge in [0.1, 0.15) is 0 Å². The molecule has 0 heterocycles. The van der Waals surface area contributed by atoms with Gasteiger partial charge in [-0.2, -0.15) is 0 Å². The van der Waals surface area contributed by atoms with Crippen molar-refractivity contribution in [1.82, 2.24) is 0 Å². The van der Waals surface area contributed by atoms with Crippen molar-refractivity contribution >= 4 is 10.2 Å². The third kappa shape index (κ3) is 1.99. The first-order chi connectivity index (χ1) is 3.25. The maximum absolute atomic E-state index is 3.65. The molecule has 0 aliphatic heterocycles. The largest absolute Gasteiger partial charge is 0.0626 e. The van der Waals surface area contributed by atoms with Gasteiger partial charge in [0.2, 0.25) is 0 Å². The molecular weight excluding hydrogens is 112 g/mol. The lowest BCUT2D eigenvalue weighted by Gasteiger charge is -2.34. The van der Waals surface area contributed by atoms with E-state index in [9.17, 15) is 0 Å². The van der Waals surface area contributed by atoms with Gasteiger partial charge in [0, 0.05) is 10.2 Å². The third-order valence-corrected chi connectivity index (χ3v) is 2.62. The van der Waals surface area contributed by atoms with Gasteiger partial charge in [-0.15, -0.1) is 0 Å². The molecular formula is C7H15Si. The fourth-order valence-electron chi connectivity index (χ4n) is 0. The summed E-state index contributed by atoms with van der Waals surface area (Å²) in [6, 6.07) is 0. The molecule has 47 valence electrons. The van der Waals surface area contributed by atoms with Crippen LogP contribution in [0.2, 0.25) is 5.04 Å². The highest BCUT2D eigenvalue weighted by atomic mass is 28.1. The van der Waals surface area contributed by atoms with E-state index in [1.165, 1.54) is 0 Å². The number of rotatable bonds is 0. The summed E-state index contributed by atoms with van der Waals surface area (Å²) in [6.07, 6.45) is 0. The first-order valence-electron chi connectivity index (χ1n) is 3.00. The molecule has 0 aromatic rings. The van der Waals surface area contributed by atoms with Crippen molar-refractivity contribution in [3.63, 3.8) is 0 Å². The lowest BCUT2D eigenvalue weighted by Crippen LogP contribution is -2.22. The smallest absolute Gasteiger partial charge is 0.0313 e. The second-order valence-corrected chi connectivity index (χ2v) is 5.12. The fraction of sp³-hybridized carbons (Fsp3) is 1.00. The third-order valence-electron chi connectivity index (χ3n) is 1.88. The zero-order valence-electron chi connectivity index (χ0n) is 6.50. The zero-order chi connectivity index (χ0) is 7.00. The highest BCUT2D eigenvalue weighted by Gasteiger charge is 2.26. The molecule has 0 aromatic carbocycles. The molecule has 0 saturated carbocycles. The van der Waals surface area contributed by atoms with Crippen molar-refractivity contribution < 1.29 is 0 Å². The van der Waals surface area contributed by atoms with E-state index < -0.39 is 0 Å². The van der Waals surface area contributed by atoms with E-state index in [-0.39, 0.29) is 5.04 Å². The first kappa shape index (κ1) is 8.22. The molecule has 0 atom stereocenters. The van der Waals surface area contributed by atoms with Gasteiger partial charge in [-0.3, -0.25) is 0 Å². The average molecular weight is 127 g/mol. The van der Waals surface area contributed by atoms with Crippen LogP contribution in [-0.2, 0) is 0 Å². The van der Waals surface area contributed by atoms with Gasteiger partial charge in [0.05, 0.1) is 0 Å². The van der Waals surface area contributed by atoms with Crippen LogP contribution < -0.4 is 0 Å². The predicted octanol–water partition coefficient (Wildman–Crippen LogP) is 2.40. The average Bonchev–Trinajstić information content (AvgIpc) is 1.25. The van der Waals surface area contributed by atoms with Gasteiger partial charge >= 0.3 is 0 Å². The maximum atomic E-state index is 3.65. The van der Waals surface area contributed by atoms with Crippen molar-refractivity contribution in [1.29, 1.82) is 0 Å². The molecule has 0 aromatic heterocycles. The van der Waals surface area contributed by atoms with Crippen LogP contribution in [0.25, 0.3) is 0 Å². The normalized spacial score (nSPS) is 14.2. The standard InChI is InChI=1S/C7H15Si/c1-6(2,3)7(4,5)8/h1-5H3. The molecule has 0 aliphatic carbocycles. The minimum absolute atomic E-state index is 0.243. The molecule has 0 spiro atoms. The second-order valence-electron chi connectivity index (χ2n) is 3.88. The molecule has 0 aliphatic rings. The molecule has 8 heavy (non-hydrogen) atoms. The number of hydrogen-bond donors (Lipinski definition) is 0. The van der Waals surface area contributed by atoms with E-state index in [1.807, 2.05) is 0 Å². The summed E-state index contributed by atoms with van der Waals surface area (Å²) in [6.45, 7) is 11.0. The van der Waals surface area contributed by atoms with Crippen LogP contribution in [0.5, 0.6) is 0 Å². The van der Waals surface area contributed by atoms with Crippen LogP contribution in [0.15, 0.2) is 0 Å². The fourth-order valence-corrected chi connectivity index (χ4v) is 0. The highest BCUT2D eigenvalue weighted by molar-refractivity contribution is 6.15. The molecule has 0 amide bonds. The molecule has 0 saturated heterocycles. The van der Waals surface area contributed by atoms with Gasteiger partial charge in [-0.05, 0) is 10.5 Å². The van der Waals surface area contributed by atoms with Crippen molar-refractivity contribution in [3.8, 4) is 0 Å². The van der Waals surface area contributed by atoms with E-state index in [0.717, 1.165) is 0 Å². The van der Waals surface area contributed by atoms with E-state index in [0.29, 0.717) is 5.41 Å². The van der Waals surface area contributed by atoms with Crippen LogP contribution in [0, 0.1) is 5.41 Å². The lowest BCUT2D eigenvalue weighted by molar-refractivity contribution is 0.303. The van der Waals surface area contributed by atoms with Gasteiger partial charge in [0.15, 0.2) is 0 Å². The van der Waals surface area contributed by atoms with Crippen LogP contribution in [0.4, 0.5) is 0 Å². The minimum Gasteiger partial charge on any atom is -0.0626 e. The Morgan fingerprint density at radius 3 is 1.00 bits per heavy atom. The van der Waals surface area contributed by atoms with Crippen LogP contribution in [0.3, 0.4) is 0 Å². The van der Waals surface area contributed by atoms with Crippen LogP contribution >= 0.6 is 0 Å². The van der Waals surface area contributed by atoms with Crippen LogP contribution in [0.1, 0.15) is 34.6 Å². The molecule has 3 radical (unpaired) electrons. The monoisotopic (exact) mass is 127 g/mol. The Morgan fingerprint density at radius 2 is 1.00 bits per heavy atom. The van der Waals surface area contributed by atoms with E-state index >= 15 is 0 Å². The van der Waals surface area contributed by atoms with Gasteiger partial charge in [0.25, 0.3) is 0 Å². The van der Waals surface area contributed by atoms with E-state index in [1.54, 1.807) is 0 Å². The van der Waals surface area contributed by atoms with Crippen molar-refractivity contribution in [2.24, 2.45) is 5.41 Å². The molecule has 0 N–H and O–H groups in total. The molecule has 0 unspecified atom stereocenters. The van der Waals surface area contributed by atoms with E-state index in [4.69, 9.17) is 0 Å². The first-order valence-corrected chi connectivity index (χ1v) is 3.50. The summed E-state index contributed by atoms with van der Waals surface area (Å²) < 4.78 is 0. The summed E-state index contributed by atoms with van der Waals surface area (Å²) in [5, 5.41) is 0.243. The zero-order valence-corrected chi connectivity index (χ0v) is 7.50. The highest BCUT2D eigenvalue weighted by Crippen LogP contribution is 2.40. The molecule has 0 nitrogen and oxygen atoms in total. The Morgan fingerprint density at radius 1 is 0.875 bits per heavy atom. The molecule has 0 rings (SSSR count). The van der Waals surface area contributed by atoms with Crippen molar-refractivity contribution in [2.45, 2.75) is 39.7 Å². The lowest BCUT2D eigenvalue weighted by atomic mass is 9.82. The minimum atomic E-state index is 0.243. The summed E-state index contributed by atoms with van der Waals surface area (Å²) in [5.74, 6) is 0. The summed E-state index contributed by atoms with van der Waals surface area (Å²) in [7, 11) is 3.65. The summed E-state index contributed by atoms with van der Waals surface area (Å²) in [5.41, 5.74) is 0.351. The number of hydrogen-bond acceptors (Lipinski definition) is 0. The maximum Gasteiger partial charge on any atom is 0.0313 e. The topological polar surface area (TPSA) is 0 Å². The van der Waals surface area contributed by atoms with E-state index in [2.05, 4.69) is 44.9 Å². The molecule has 1 heteroatoms. The Balaban J connectivity index is 4.02. The van der Waals surface area contributed by atoms with Gasteiger partial charge in [-0.25, -0.2) is 0 Å². The quantitative estimate of drug-likeness (QED) is 0.438. The predicted molar refractivity (Wildman–Crippen MR) is 39.2 cm³/mol. The van der Waals surface area contributed by atoms with Crippen molar-refractivity contribution in [2.75, 3.05) is 0 Å². The summed E-state index contributed by atoms with van der Waals surface area (Å²) >= 11 is 0. The Bertz CT molecular complexity index is 59.4. The van der Waals surface area contributed by atoms with Gasteiger partial charge < -0.3 is 0 Å². The second kappa shape index (κ2) is 1.87. The molecule has 0 fully saturated rings. The Kier molecular flexibility index (Phi) is 1.92. The van der Waals surface area contributed by atoms with Crippen LogP contribution in [-0.4, -0.2) is 10.2 Å². The van der Waals surface area contributed by atoms with Crippen molar-refractivity contribution in [3.05, 3.63) is 0 Å². The molecule has 0 bridgehead atoms. The SMILES string of the molecule is CC(C)(C)C(C)(C)[Si]. The van der Waals surface area contributed by atoms with Gasteiger partial charge in [-0.1, -0.05) is 34.6 Å².